The van der Waals surface area contributed by atoms with Crippen LogP contribution in [0.4, 0.5) is 13.2 Å². The maximum absolute atomic E-state index is 13.2. The quantitative estimate of drug-likeness (QED) is 0.310. The lowest BCUT2D eigenvalue weighted by atomic mass is 9.72. The second-order valence-corrected chi connectivity index (χ2v) is 11.2. The average Bonchev–Trinajstić information content (AvgIpc) is 2.82. The van der Waals surface area contributed by atoms with Gasteiger partial charge in [-0.2, -0.15) is 13.2 Å². The van der Waals surface area contributed by atoms with E-state index < -0.39 is 11.7 Å². The lowest BCUT2D eigenvalue weighted by molar-refractivity contribution is -0.144. The van der Waals surface area contributed by atoms with E-state index in [9.17, 15) is 18.0 Å². The SMILES string of the molecule is CCOC(=O)CC1CCC(N(CCC(C)C)CC2CCCCC2)C(c2ccc(C(F)(F)F)cc2)C1. The van der Waals surface area contributed by atoms with Gasteiger partial charge in [-0.15, -0.1) is 0 Å². The molecule has 6 heteroatoms. The number of rotatable bonds is 10. The summed E-state index contributed by atoms with van der Waals surface area (Å²) in [5.74, 6) is 1.48. The first-order chi connectivity index (χ1) is 16.7. The van der Waals surface area contributed by atoms with Crippen LogP contribution in [0.1, 0.15) is 102 Å². The Bertz CT molecular complexity index is 771. The highest BCUT2D eigenvalue weighted by Gasteiger charge is 2.37. The summed E-state index contributed by atoms with van der Waals surface area (Å²) in [6, 6.07) is 6.09. The van der Waals surface area contributed by atoms with Crippen LogP contribution in [0.25, 0.3) is 0 Å². The van der Waals surface area contributed by atoms with E-state index in [2.05, 4.69) is 18.7 Å². The molecule has 0 radical (unpaired) electrons. The maximum atomic E-state index is 13.2. The Labute approximate surface area is 209 Å². The van der Waals surface area contributed by atoms with Crippen molar-refractivity contribution in [3.63, 3.8) is 0 Å². The van der Waals surface area contributed by atoms with Crippen molar-refractivity contribution in [2.24, 2.45) is 17.8 Å². The zero-order valence-corrected chi connectivity index (χ0v) is 21.8. The number of carbonyl (C=O) groups is 1. The Morgan fingerprint density at radius 2 is 1.71 bits per heavy atom. The summed E-state index contributed by atoms with van der Waals surface area (Å²) in [5.41, 5.74) is 0.366. The molecule has 3 rings (SSSR count). The fraction of sp³-hybridized carbons (Fsp3) is 0.759. The minimum Gasteiger partial charge on any atom is -0.466 e. The molecule has 3 unspecified atom stereocenters. The van der Waals surface area contributed by atoms with Gasteiger partial charge in [0.1, 0.15) is 0 Å². The summed E-state index contributed by atoms with van der Waals surface area (Å²) in [7, 11) is 0. The standard InChI is InChI=1S/C29H44F3NO2/c1-4-35-28(34)19-23-10-15-27(26(18-23)24-11-13-25(14-12-24)29(30,31)32)33(17-16-21(2)3)20-22-8-6-5-7-9-22/h11-14,21-23,26-27H,4-10,15-20H2,1-3H3. The van der Waals surface area contributed by atoms with Gasteiger partial charge in [-0.1, -0.05) is 45.2 Å². The zero-order chi connectivity index (χ0) is 25.4. The van der Waals surface area contributed by atoms with Gasteiger partial charge in [-0.3, -0.25) is 9.69 Å². The number of carbonyl (C=O) groups excluding carboxylic acids is 1. The third-order valence-electron chi connectivity index (χ3n) is 8.03. The topological polar surface area (TPSA) is 29.5 Å². The van der Waals surface area contributed by atoms with E-state index in [1.165, 1.54) is 44.2 Å². The first-order valence-corrected chi connectivity index (χ1v) is 13.7. The molecule has 1 aromatic rings. The van der Waals surface area contributed by atoms with Crippen LogP contribution in [0.5, 0.6) is 0 Å². The molecule has 1 aromatic carbocycles. The molecule has 0 aromatic heterocycles. The Hall–Kier alpha value is -1.56. The summed E-state index contributed by atoms with van der Waals surface area (Å²) in [6.07, 6.45) is 6.43. The number of benzene rings is 1. The molecule has 0 amide bonds. The molecule has 2 fully saturated rings. The van der Waals surface area contributed by atoms with E-state index in [0.29, 0.717) is 30.9 Å². The molecular formula is C29H44F3NO2. The number of esters is 1. The molecule has 3 atom stereocenters. The van der Waals surface area contributed by atoms with Crippen molar-refractivity contribution in [1.29, 1.82) is 0 Å². The van der Waals surface area contributed by atoms with Gasteiger partial charge in [0.25, 0.3) is 0 Å². The van der Waals surface area contributed by atoms with Gasteiger partial charge in [0.2, 0.25) is 0 Å². The molecule has 2 saturated carbocycles. The molecule has 0 bridgehead atoms. The largest absolute Gasteiger partial charge is 0.466 e. The molecule has 0 N–H and O–H groups in total. The number of halogens is 3. The van der Waals surface area contributed by atoms with Gasteiger partial charge in [-0.25, -0.2) is 0 Å². The van der Waals surface area contributed by atoms with Crippen LogP contribution in [0.3, 0.4) is 0 Å². The lowest BCUT2D eigenvalue weighted by Crippen LogP contribution is -2.46. The minimum absolute atomic E-state index is 0.126. The Balaban J connectivity index is 1.84. The van der Waals surface area contributed by atoms with Crippen molar-refractivity contribution in [3.05, 3.63) is 35.4 Å². The molecule has 2 aliphatic carbocycles. The van der Waals surface area contributed by atoms with Crippen molar-refractivity contribution >= 4 is 5.97 Å². The van der Waals surface area contributed by atoms with E-state index in [1.54, 1.807) is 12.1 Å². The molecule has 0 saturated heterocycles. The predicted octanol–water partition coefficient (Wildman–Crippen LogP) is 7.84. The van der Waals surface area contributed by atoms with Gasteiger partial charge >= 0.3 is 12.1 Å². The molecule has 35 heavy (non-hydrogen) atoms. The first-order valence-electron chi connectivity index (χ1n) is 13.7. The van der Waals surface area contributed by atoms with Gasteiger partial charge in [-0.05, 0) is 93.4 Å². The monoisotopic (exact) mass is 495 g/mol. The van der Waals surface area contributed by atoms with Crippen molar-refractivity contribution < 1.29 is 22.7 Å². The normalized spacial score (nSPS) is 24.2. The van der Waals surface area contributed by atoms with Gasteiger partial charge < -0.3 is 4.74 Å². The predicted molar refractivity (Wildman–Crippen MR) is 134 cm³/mol. The van der Waals surface area contributed by atoms with Crippen molar-refractivity contribution in [3.8, 4) is 0 Å². The molecular weight excluding hydrogens is 451 g/mol. The zero-order valence-electron chi connectivity index (χ0n) is 21.8. The second-order valence-electron chi connectivity index (χ2n) is 11.2. The summed E-state index contributed by atoms with van der Waals surface area (Å²) in [4.78, 5) is 14.9. The van der Waals surface area contributed by atoms with Crippen molar-refractivity contribution in [1.82, 2.24) is 4.90 Å². The van der Waals surface area contributed by atoms with Crippen molar-refractivity contribution in [2.45, 2.75) is 103 Å². The smallest absolute Gasteiger partial charge is 0.416 e. The van der Waals surface area contributed by atoms with E-state index in [4.69, 9.17) is 4.74 Å². The van der Waals surface area contributed by atoms with E-state index in [1.807, 2.05) is 6.92 Å². The third kappa shape index (κ3) is 8.51. The number of hydrogen-bond acceptors (Lipinski definition) is 3. The molecule has 0 aliphatic heterocycles. The van der Waals surface area contributed by atoms with Crippen LogP contribution in [0.15, 0.2) is 24.3 Å². The fourth-order valence-electron chi connectivity index (χ4n) is 6.12. The second kappa shape index (κ2) is 13.1. The van der Waals surface area contributed by atoms with E-state index in [-0.39, 0.29) is 17.8 Å². The fourth-order valence-corrected chi connectivity index (χ4v) is 6.12. The van der Waals surface area contributed by atoms with Gasteiger partial charge in [0.05, 0.1) is 12.2 Å². The van der Waals surface area contributed by atoms with Crippen LogP contribution in [0.2, 0.25) is 0 Å². The van der Waals surface area contributed by atoms with Crippen LogP contribution in [-0.2, 0) is 15.7 Å². The number of nitrogens with zero attached hydrogens (tertiary/aromatic N) is 1. The Kier molecular flexibility index (Phi) is 10.5. The lowest BCUT2D eigenvalue weighted by Gasteiger charge is -2.44. The summed E-state index contributed by atoms with van der Waals surface area (Å²) < 4.78 is 44.9. The van der Waals surface area contributed by atoms with Gasteiger partial charge in [0.15, 0.2) is 0 Å². The summed E-state index contributed by atoms with van der Waals surface area (Å²) in [5, 5.41) is 0. The molecule has 0 heterocycles. The Morgan fingerprint density at radius 1 is 1.03 bits per heavy atom. The van der Waals surface area contributed by atoms with Crippen LogP contribution < -0.4 is 0 Å². The van der Waals surface area contributed by atoms with Gasteiger partial charge in [0, 0.05) is 19.0 Å². The highest BCUT2D eigenvalue weighted by atomic mass is 19.4. The highest BCUT2D eigenvalue weighted by Crippen LogP contribution is 2.42. The van der Waals surface area contributed by atoms with Crippen molar-refractivity contribution in [2.75, 3.05) is 19.7 Å². The minimum atomic E-state index is -4.33. The average molecular weight is 496 g/mol. The summed E-state index contributed by atoms with van der Waals surface area (Å²) in [6.45, 7) is 8.80. The van der Waals surface area contributed by atoms with Crippen LogP contribution >= 0.6 is 0 Å². The highest BCUT2D eigenvalue weighted by molar-refractivity contribution is 5.69. The van der Waals surface area contributed by atoms with Crippen LogP contribution in [-0.4, -0.2) is 36.6 Å². The Morgan fingerprint density at radius 3 is 2.31 bits per heavy atom. The summed E-state index contributed by atoms with van der Waals surface area (Å²) >= 11 is 0. The molecule has 3 nitrogen and oxygen atoms in total. The first kappa shape index (κ1) is 28.0. The van der Waals surface area contributed by atoms with E-state index >= 15 is 0 Å². The molecule has 0 spiro atoms. The third-order valence-corrected chi connectivity index (χ3v) is 8.03. The number of hydrogen-bond donors (Lipinski definition) is 0. The number of ether oxygens (including phenoxy) is 1. The maximum Gasteiger partial charge on any atom is 0.416 e. The molecule has 2 aliphatic rings. The number of alkyl halides is 3. The molecule has 198 valence electrons. The van der Waals surface area contributed by atoms with E-state index in [0.717, 1.165) is 44.3 Å². The van der Waals surface area contributed by atoms with Crippen LogP contribution in [0, 0.1) is 17.8 Å².